The van der Waals surface area contributed by atoms with Crippen LogP contribution in [0.25, 0.3) is 10.6 Å². The van der Waals surface area contributed by atoms with Gasteiger partial charge in [0.15, 0.2) is 0 Å². The van der Waals surface area contributed by atoms with E-state index >= 15 is 0 Å². The molecule has 118 valence electrons. The normalized spacial score (nSPS) is 10.5. The predicted octanol–water partition coefficient (Wildman–Crippen LogP) is 2.72. The van der Waals surface area contributed by atoms with Crippen molar-refractivity contribution in [3.05, 3.63) is 41.4 Å². The van der Waals surface area contributed by atoms with Crippen molar-refractivity contribution in [3.8, 4) is 10.6 Å². The molecule has 0 bridgehead atoms. The van der Waals surface area contributed by atoms with E-state index in [2.05, 4.69) is 10.3 Å². The highest BCUT2D eigenvalue weighted by Gasteiger charge is 2.12. The van der Waals surface area contributed by atoms with Crippen LogP contribution in [-0.4, -0.2) is 40.7 Å². The van der Waals surface area contributed by atoms with E-state index in [1.807, 2.05) is 42.6 Å². The van der Waals surface area contributed by atoms with Crippen LogP contribution in [0.2, 0.25) is 0 Å². The molecule has 2 aromatic rings. The second-order valence-electron chi connectivity index (χ2n) is 4.88. The smallest absolute Gasteiger partial charge is 0.317 e. The van der Waals surface area contributed by atoms with Crippen LogP contribution in [0.5, 0.6) is 0 Å². The Bertz CT molecular complexity index is 580. The molecule has 2 N–H and O–H groups in total. The molecule has 0 radical (unpaired) electrons. The molecule has 1 aromatic carbocycles. The van der Waals surface area contributed by atoms with Gasteiger partial charge in [0, 0.05) is 24.0 Å². The van der Waals surface area contributed by atoms with Crippen LogP contribution in [0.4, 0.5) is 4.79 Å². The van der Waals surface area contributed by atoms with Gasteiger partial charge in [-0.2, -0.15) is 0 Å². The average Bonchev–Trinajstić information content (AvgIpc) is 3.02. The lowest BCUT2D eigenvalue weighted by Crippen LogP contribution is -2.41. The van der Waals surface area contributed by atoms with E-state index in [9.17, 15) is 4.79 Å². The Balaban J connectivity index is 1.92. The van der Waals surface area contributed by atoms with Crippen LogP contribution in [0.3, 0.4) is 0 Å². The van der Waals surface area contributed by atoms with E-state index < -0.39 is 0 Å². The largest absolute Gasteiger partial charge is 0.395 e. The van der Waals surface area contributed by atoms with E-state index in [1.54, 1.807) is 16.2 Å². The van der Waals surface area contributed by atoms with Crippen LogP contribution in [0.1, 0.15) is 19.0 Å². The minimum Gasteiger partial charge on any atom is -0.395 e. The molecule has 1 heterocycles. The lowest BCUT2D eigenvalue weighted by molar-refractivity contribution is 0.177. The second kappa shape index (κ2) is 8.51. The number of hydrogen-bond donors (Lipinski definition) is 2. The Morgan fingerprint density at radius 3 is 2.77 bits per heavy atom. The van der Waals surface area contributed by atoms with Gasteiger partial charge in [0.2, 0.25) is 0 Å². The van der Waals surface area contributed by atoms with Crippen LogP contribution in [0.15, 0.2) is 35.7 Å². The van der Waals surface area contributed by atoms with Gasteiger partial charge in [-0.25, -0.2) is 9.78 Å². The first kappa shape index (κ1) is 16.5. The summed E-state index contributed by atoms with van der Waals surface area (Å²) in [5, 5.41) is 14.8. The number of nitrogens with zero attached hydrogens (tertiary/aromatic N) is 2. The zero-order valence-corrected chi connectivity index (χ0v) is 13.5. The first-order chi connectivity index (χ1) is 10.7. The lowest BCUT2D eigenvalue weighted by atomic mass is 10.2. The van der Waals surface area contributed by atoms with Crippen molar-refractivity contribution >= 4 is 17.4 Å². The fourth-order valence-corrected chi connectivity index (χ4v) is 2.91. The number of urea groups is 1. The Morgan fingerprint density at radius 2 is 2.09 bits per heavy atom. The summed E-state index contributed by atoms with van der Waals surface area (Å²) in [7, 11) is 0. The molecule has 0 aliphatic rings. The van der Waals surface area contributed by atoms with E-state index in [-0.39, 0.29) is 12.6 Å². The standard InChI is InChI=1S/C16H21N3O2S/c1-2-8-19(9-10-20)16(21)17-11-14-12-22-15(18-14)13-6-4-3-5-7-13/h3-7,12,20H,2,8-11H2,1H3,(H,17,21). The van der Waals surface area contributed by atoms with Gasteiger partial charge >= 0.3 is 6.03 Å². The predicted molar refractivity (Wildman–Crippen MR) is 88.7 cm³/mol. The molecule has 0 fully saturated rings. The van der Waals surface area contributed by atoms with Crippen molar-refractivity contribution in [2.75, 3.05) is 19.7 Å². The maximum absolute atomic E-state index is 12.1. The van der Waals surface area contributed by atoms with Crippen molar-refractivity contribution in [3.63, 3.8) is 0 Å². The number of nitrogens with one attached hydrogen (secondary N) is 1. The molecule has 2 rings (SSSR count). The molecule has 0 saturated carbocycles. The zero-order valence-electron chi connectivity index (χ0n) is 12.7. The summed E-state index contributed by atoms with van der Waals surface area (Å²) in [6, 6.07) is 9.81. The van der Waals surface area contributed by atoms with Crippen LogP contribution in [0, 0.1) is 0 Å². The molecule has 0 unspecified atom stereocenters. The number of aliphatic hydroxyl groups excluding tert-OH is 1. The summed E-state index contributed by atoms with van der Waals surface area (Å²) < 4.78 is 0. The van der Waals surface area contributed by atoms with Gasteiger partial charge in [-0.3, -0.25) is 0 Å². The summed E-state index contributed by atoms with van der Waals surface area (Å²) in [5.74, 6) is 0. The van der Waals surface area contributed by atoms with E-state index in [1.165, 1.54) is 0 Å². The number of carbonyl (C=O) groups is 1. The number of thiazole rings is 1. The van der Waals surface area contributed by atoms with Crippen molar-refractivity contribution in [2.45, 2.75) is 19.9 Å². The minimum atomic E-state index is -0.162. The summed E-state index contributed by atoms with van der Waals surface area (Å²) >= 11 is 1.57. The second-order valence-corrected chi connectivity index (χ2v) is 5.74. The van der Waals surface area contributed by atoms with Gasteiger partial charge in [0.25, 0.3) is 0 Å². The molecule has 1 aromatic heterocycles. The SMILES string of the molecule is CCCN(CCO)C(=O)NCc1csc(-c2ccccc2)n1. The van der Waals surface area contributed by atoms with Gasteiger partial charge in [-0.1, -0.05) is 37.3 Å². The third kappa shape index (κ3) is 4.54. The van der Waals surface area contributed by atoms with Gasteiger partial charge in [0.05, 0.1) is 18.8 Å². The number of benzene rings is 1. The van der Waals surface area contributed by atoms with Crippen molar-refractivity contribution in [1.29, 1.82) is 0 Å². The summed E-state index contributed by atoms with van der Waals surface area (Å²) in [6.45, 7) is 3.37. The zero-order chi connectivity index (χ0) is 15.8. The first-order valence-corrected chi connectivity index (χ1v) is 8.26. The molecule has 0 spiro atoms. The number of amides is 2. The topological polar surface area (TPSA) is 65.5 Å². The molecule has 0 aliphatic heterocycles. The van der Waals surface area contributed by atoms with Gasteiger partial charge in [-0.05, 0) is 6.42 Å². The maximum atomic E-state index is 12.1. The van der Waals surface area contributed by atoms with Gasteiger partial charge in [0.1, 0.15) is 5.01 Å². The average molecular weight is 319 g/mol. The molecule has 6 heteroatoms. The van der Waals surface area contributed by atoms with E-state index in [4.69, 9.17) is 5.11 Å². The quantitative estimate of drug-likeness (QED) is 0.824. The molecule has 2 amide bonds. The lowest BCUT2D eigenvalue weighted by Gasteiger charge is -2.21. The van der Waals surface area contributed by atoms with Crippen LogP contribution >= 0.6 is 11.3 Å². The number of aliphatic hydroxyl groups is 1. The van der Waals surface area contributed by atoms with E-state index in [0.29, 0.717) is 19.6 Å². The van der Waals surface area contributed by atoms with Crippen molar-refractivity contribution < 1.29 is 9.90 Å². The summed E-state index contributed by atoms with van der Waals surface area (Å²) in [4.78, 5) is 18.2. The number of hydrogen-bond acceptors (Lipinski definition) is 4. The third-order valence-corrected chi connectivity index (χ3v) is 4.08. The number of aromatic nitrogens is 1. The molecule has 0 saturated heterocycles. The molecule has 0 atom stereocenters. The highest BCUT2D eigenvalue weighted by atomic mass is 32.1. The summed E-state index contributed by atoms with van der Waals surface area (Å²) in [6.07, 6.45) is 0.863. The Morgan fingerprint density at radius 1 is 1.32 bits per heavy atom. The van der Waals surface area contributed by atoms with E-state index in [0.717, 1.165) is 22.7 Å². The Hall–Kier alpha value is -1.92. The van der Waals surface area contributed by atoms with Crippen LogP contribution in [-0.2, 0) is 6.54 Å². The molecule has 0 aliphatic carbocycles. The van der Waals surface area contributed by atoms with Gasteiger partial charge in [-0.15, -0.1) is 11.3 Å². The minimum absolute atomic E-state index is 0.0255. The Kier molecular flexibility index (Phi) is 6.36. The molecular formula is C16H21N3O2S. The van der Waals surface area contributed by atoms with Crippen LogP contribution < -0.4 is 5.32 Å². The van der Waals surface area contributed by atoms with Crippen molar-refractivity contribution in [1.82, 2.24) is 15.2 Å². The van der Waals surface area contributed by atoms with Gasteiger partial charge < -0.3 is 15.3 Å². The molecule has 5 nitrogen and oxygen atoms in total. The highest BCUT2D eigenvalue weighted by molar-refractivity contribution is 7.13. The fraction of sp³-hybridized carbons (Fsp3) is 0.375. The monoisotopic (exact) mass is 319 g/mol. The maximum Gasteiger partial charge on any atom is 0.317 e. The first-order valence-electron chi connectivity index (χ1n) is 7.38. The fourth-order valence-electron chi connectivity index (χ4n) is 2.08. The number of carbonyl (C=O) groups excluding carboxylic acids is 1. The third-order valence-electron chi connectivity index (χ3n) is 3.14. The molecule has 22 heavy (non-hydrogen) atoms. The Labute approximate surface area is 134 Å². The number of rotatable bonds is 7. The molecular weight excluding hydrogens is 298 g/mol. The summed E-state index contributed by atoms with van der Waals surface area (Å²) in [5.41, 5.74) is 1.93. The van der Waals surface area contributed by atoms with Crippen molar-refractivity contribution in [2.24, 2.45) is 0 Å². The highest BCUT2D eigenvalue weighted by Crippen LogP contribution is 2.23.